The largest absolute Gasteiger partial charge is 0.465 e. The van der Waals surface area contributed by atoms with Gasteiger partial charge in [0, 0.05) is 11.3 Å². The number of benzene rings is 2. The number of hydrogen-bond donors (Lipinski definition) is 2. The number of ether oxygens (including phenoxy) is 1. The average molecular weight is 391 g/mol. The number of para-hydroxylation sites is 2. The minimum absolute atomic E-state index is 0.234. The molecular formula is C23H25N3O3. The highest BCUT2D eigenvalue weighted by Gasteiger charge is 2.33. The third kappa shape index (κ3) is 4.54. The minimum Gasteiger partial charge on any atom is -0.465 e. The second-order valence-electron chi connectivity index (χ2n) is 6.90. The van der Waals surface area contributed by atoms with Crippen LogP contribution in [0.1, 0.15) is 35.3 Å². The fraction of sp³-hybridized carbons (Fsp3) is 0.261. The molecule has 1 amide bonds. The number of carbonyl (C=O) groups excluding carboxylic acids is 2. The highest BCUT2D eigenvalue weighted by molar-refractivity contribution is 6.15. The van der Waals surface area contributed by atoms with E-state index in [0.717, 1.165) is 16.8 Å². The maximum Gasteiger partial charge on any atom is 0.322 e. The molecule has 29 heavy (non-hydrogen) atoms. The van der Waals surface area contributed by atoms with Crippen molar-refractivity contribution in [3.8, 4) is 0 Å². The first-order chi connectivity index (χ1) is 13.9. The molecule has 0 radical (unpaired) electrons. The Morgan fingerprint density at radius 3 is 2.52 bits per heavy atom. The van der Waals surface area contributed by atoms with Crippen molar-refractivity contribution < 1.29 is 14.3 Å². The third-order valence-electron chi connectivity index (χ3n) is 4.57. The number of allylic oxidation sites excluding steroid dienone is 1. The quantitative estimate of drug-likeness (QED) is 0.766. The van der Waals surface area contributed by atoms with E-state index in [9.17, 15) is 9.59 Å². The lowest BCUT2D eigenvalue weighted by molar-refractivity contribution is -0.144. The number of aliphatic imine (C=N–C) groups is 1. The number of nitrogens with zero attached hydrogens (tertiary/aromatic N) is 1. The molecule has 0 aliphatic carbocycles. The number of rotatable bonds is 3. The van der Waals surface area contributed by atoms with Crippen LogP contribution in [0, 0.1) is 19.8 Å². The van der Waals surface area contributed by atoms with Gasteiger partial charge in [0.2, 0.25) is 0 Å². The highest BCUT2D eigenvalue weighted by atomic mass is 16.5. The van der Waals surface area contributed by atoms with E-state index in [2.05, 4.69) is 15.6 Å². The molecular weight excluding hydrogens is 366 g/mol. The number of hydrogen-bond acceptors (Lipinski definition) is 5. The van der Waals surface area contributed by atoms with Crippen LogP contribution >= 0.6 is 0 Å². The fourth-order valence-electron chi connectivity index (χ4n) is 3.34. The molecule has 3 rings (SSSR count). The molecule has 2 aromatic rings. The van der Waals surface area contributed by atoms with Crippen molar-refractivity contribution in [2.24, 2.45) is 10.9 Å². The summed E-state index contributed by atoms with van der Waals surface area (Å²) < 4.78 is 5.27. The summed E-state index contributed by atoms with van der Waals surface area (Å²) in [6, 6.07) is 13.1. The van der Waals surface area contributed by atoms with Gasteiger partial charge in [-0.05, 0) is 52.0 Å². The monoisotopic (exact) mass is 391 g/mol. The summed E-state index contributed by atoms with van der Waals surface area (Å²) in [5.74, 6) is -1.42. The molecule has 6 heteroatoms. The Hall–Kier alpha value is -3.41. The Morgan fingerprint density at radius 2 is 1.86 bits per heavy atom. The number of nitrogens with one attached hydrogen (secondary N) is 2. The maximum absolute atomic E-state index is 13.0. The number of aryl methyl sites for hydroxylation is 2. The molecule has 6 nitrogen and oxygen atoms in total. The molecule has 0 saturated heterocycles. The van der Waals surface area contributed by atoms with Crippen LogP contribution in [0.25, 0.3) is 0 Å². The summed E-state index contributed by atoms with van der Waals surface area (Å²) in [6.07, 6.45) is 1.79. The van der Waals surface area contributed by atoms with Gasteiger partial charge in [0.05, 0.1) is 18.0 Å². The number of amides is 1. The zero-order valence-corrected chi connectivity index (χ0v) is 17.1. The summed E-state index contributed by atoms with van der Waals surface area (Å²) in [7, 11) is 0. The van der Waals surface area contributed by atoms with E-state index < -0.39 is 11.9 Å². The van der Waals surface area contributed by atoms with E-state index in [0.29, 0.717) is 16.9 Å². The predicted molar refractivity (Wildman–Crippen MR) is 114 cm³/mol. The first kappa shape index (κ1) is 20.3. The predicted octanol–water partition coefficient (Wildman–Crippen LogP) is 4.27. The van der Waals surface area contributed by atoms with E-state index in [4.69, 9.17) is 4.74 Å². The highest BCUT2D eigenvalue weighted by Crippen LogP contribution is 2.32. The molecule has 0 fully saturated rings. The fourth-order valence-corrected chi connectivity index (χ4v) is 3.34. The van der Waals surface area contributed by atoms with E-state index in [-0.39, 0.29) is 18.3 Å². The lowest BCUT2D eigenvalue weighted by Gasteiger charge is -2.20. The first-order valence-electron chi connectivity index (χ1n) is 9.60. The van der Waals surface area contributed by atoms with Crippen LogP contribution < -0.4 is 10.6 Å². The molecule has 2 N–H and O–H groups in total. The summed E-state index contributed by atoms with van der Waals surface area (Å²) in [5, 5.41) is 6.11. The summed E-state index contributed by atoms with van der Waals surface area (Å²) in [4.78, 5) is 30.4. The molecule has 1 aliphatic rings. The Kier molecular flexibility index (Phi) is 6.12. The van der Waals surface area contributed by atoms with Gasteiger partial charge in [-0.2, -0.15) is 0 Å². The van der Waals surface area contributed by atoms with Crippen LogP contribution in [0.2, 0.25) is 0 Å². The molecule has 150 valence electrons. The van der Waals surface area contributed by atoms with Gasteiger partial charge in [0.15, 0.2) is 5.92 Å². The molecule has 1 heterocycles. The second-order valence-corrected chi connectivity index (χ2v) is 6.90. The standard InChI is InChI=1S/C23H25N3O3/c1-5-17-20(23(28)29-6-2)21(25-19-10-8-7-9-18(19)24-17)26-22(27)16-12-14(3)11-15(4)13-16/h5,7-13,20,24H,6H2,1-4H3,(H,25,26,27)/b17-5-/t20-/m1/s1. The van der Waals surface area contributed by atoms with Crippen molar-refractivity contribution in [2.75, 3.05) is 11.9 Å². The van der Waals surface area contributed by atoms with Crippen LogP contribution in [-0.4, -0.2) is 24.3 Å². The Balaban J connectivity index is 2.05. The lowest BCUT2D eigenvalue weighted by Crippen LogP contribution is -2.41. The van der Waals surface area contributed by atoms with E-state index >= 15 is 0 Å². The summed E-state index contributed by atoms with van der Waals surface area (Å²) in [6.45, 7) is 7.68. The van der Waals surface area contributed by atoms with Gasteiger partial charge in [-0.1, -0.05) is 35.4 Å². The number of esters is 1. The van der Waals surface area contributed by atoms with Crippen molar-refractivity contribution in [2.45, 2.75) is 27.7 Å². The SMILES string of the molecule is C/C=C1\Nc2ccccc2N=C(NC(=O)c2cc(C)cc(C)c2)[C@@H]1C(=O)OCC. The van der Waals surface area contributed by atoms with Crippen molar-refractivity contribution in [1.82, 2.24) is 5.32 Å². The third-order valence-corrected chi connectivity index (χ3v) is 4.57. The molecule has 1 aliphatic heterocycles. The molecule has 1 atom stereocenters. The van der Waals surface area contributed by atoms with Crippen molar-refractivity contribution in [3.05, 3.63) is 70.9 Å². The van der Waals surface area contributed by atoms with Gasteiger partial charge >= 0.3 is 5.97 Å². The topological polar surface area (TPSA) is 79.8 Å². The van der Waals surface area contributed by atoms with Gasteiger partial charge in [-0.3, -0.25) is 9.59 Å². The first-order valence-corrected chi connectivity index (χ1v) is 9.60. The lowest BCUT2D eigenvalue weighted by atomic mass is 10.0. The van der Waals surface area contributed by atoms with Gasteiger partial charge in [0.25, 0.3) is 5.91 Å². The second kappa shape index (κ2) is 8.73. The van der Waals surface area contributed by atoms with Gasteiger partial charge < -0.3 is 15.4 Å². The van der Waals surface area contributed by atoms with Crippen LogP contribution in [-0.2, 0) is 9.53 Å². The van der Waals surface area contributed by atoms with Gasteiger partial charge in [-0.15, -0.1) is 0 Å². The van der Waals surface area contributed by atoms with Gasteiger partial charge in [-0.25, -0.2) is 4.99 Å². The van der Waals surface area contributed by atoms with Crippen LogP contribution in [0.4, 0.5) is 11.4 Å². The molecule has 0 aromatic heterocycles. The van der Waals surface area contributed by atoms with E-state index in [1.807, 2.05) is 63.2 Å². The smallest absolute Gasteiger partial charge is 0.322 e. The molecule has 0 spiro atoms. The van der Waals surface area contributed by atoms with Gasteiger partial charge in [0.1, 0.15) is 5.84 Å². The zero-order valence-electron chi connectivity index (χ0n) is 17.1. The maximum atomic E-state index is 13.0. The zero-order chi connectivity index (χ0) is 21.0. The van der Waals surface area contributed by atoms with E-state index in [1.54, 1.807) is 13.0 Å². The van der Waals surface area contributed by atoms with Crippen LogP contribution in [0.15, 0.2) is 59.2 Å². The van der Waals surface area contributed by atoms with Crippen molar-refractivity contribution in [3.63, 3.8) is 0 Å². The summed E-state index contributed by atoms with van der Waals surface area (Å²) >= 11 is 0. The van der Waals surface area contributed by atoms with Crippen LogP contribution in [0.5, 0.6) is 0 Å². The number of amidine groups is 1. The normalized spacial score (nSPS) is 16.9. The van der Waals surface area contributed by atoms with E-state index in [1.165, 1.54) is 0 Å². The minimum atomic E-state index is -0.859. The number of anilines is 1. The molecule has 2 aromatic carbocycles. The average Bonchev–Trinajstić information content (AvgIpc) is 2.83. The number of carbonyl (C=O) groups is 2. The summed E-state index contributed by atoms with van der Waals surface area (Å²) in [5.41, 5.74) is 4.48. The Bertz CT molecular complexity index is 988. The molecule has 0 unspecified atom stereocenters. The Morgan fingerprint density at radius 1 is 1.17 bits per heavy atom. The van der Waals surface area contributed by atoms with Crippen molar-refractivity contribution >= 4 is 29.1 Å². The van der Waals surface area contributed by atoms with Crippen LogP contribution in [0.3, 0.4) is 0 Å². The molecule has 0 bridgehead atoms. The van der Waals surface area contributed by atoms with Crippen molar-refractivity contribution in [1.29, 1.82) is 0 Å². The molecule has 0 saturated carbocycles. The number of fused-ring (bicyclic) bond motifs is 1. The Labute approximate surface area is 170 Å².